The van der Waals surface area contributed by atoms with Crippen LogP contribution in [-0.4, -0.2) is 63.7 Å². The number of hydrogen-bond donors (Lipinski definition) is 4. The zero-order valence-electron chi connectivity index (χ0n) is 9.68. The number of aliphatic hydroxyl groups is 4. The molecule has 0 unspecified atom stereocenters. The third kappa shape index (κ3) is 3.14. The second-order valence-electron chi connectivity index (χ2n) is 4.29. The number of carbonyl (C=O) groups excluding carboxylic acids is 1. The number of carbonyl (C=O) groups is 1. The summed E-state index contributed by atoms with van der Waals surface area (Å²) in [5.41, 5.74) is 0. The molecule has 1 saturated heterocycles. The van der Waals surface area contributed by atoms with Gasteiger partial charge in [0.05, 0.1) is 12.5 Å². The molecule has 1 heterocycles. The summed E-state index contributed by atoms with van der Waals surface area (Å²) >= 11 is 0. The van der Waals surface area contributed by atoms with E-state index in [2.05, 4.69) is 0 Å². The van der Waals surface area contributed by atoms with Crippen LogP contribution < -0.4 is 0 Å². The number of rotatable bonds is 3. The second kappa shape index (κ2) is 5.74. The van der Waals surface area contributed by atoms with Crippen LogP contribution in [0, 0.1) is 5.92 Å². The van der Waals surface area contributed by atoms with Gasteiger partial charge in [0.2, 0.25) is 6.29 Å². The lowest BCUT2D eigenvalue weighted by molar-refractivity contribution is -0.293. The Morgan fingerprint density at radius 1 is 1.24 bits per heavy atom. The number of esters is 1. The van der Waals surface area contributed by atoms with Crippen molar-refractivity contribution in [3.05, 3.63) is 0 Å². The molecule has 0 aromatic rings. The molecule has 17 heavy (non-hydrogen) atoms. The van der Waals surface area contributed by atoms with Gasteiger partial charge in [-0.2, -0.15) is 0 Å². The van der Waals surface area contributed by atoms with Crippen molar-refractivity contribution in [1.29, 1.82) is 0 Å². The Morgan fingerprint density at radius 2 is 1.82 bits per heavy atom. The largest absolute Gasteiger partial charge is 0.433 e. The van der Waals surface area contributed by atoms with Crippen molar-refractivity contribution in [1.82, 2.24) is 0 Å². The zero-order valence-corrected chi connectivity index (χ0v) is 9.68. The minimum absolute atomic E-state index is 0.414. The van der Waals surface area contributed by atoms with Crippen LogP contribution in [0.2, 0.25) is 0 Å². The Bertz CT molecular complexity index is 265. The monoisotopic (exact) mass is 250 g/mol. The highest BCUT2D eigenvalue weighted by Gasteiger charge is 2.45. The fourth-order valence-corrected chi connectivity index (χ4v) is 1.42. The predicted molar refractivity (Wildman–Crippen MR) is 54.7 cm³/mol. The van der Waals surface area contributed by atoms with Gasteiger partial charge in [0.1, 0.15) is 24.4 Å². The Morgan fingerprint density at radius 3 is 2.29 bits per heavy atom. The highest BCUT2D eigenvalue weighted by Crippen LogP contribution is 2.22. The molecule has 4 N–H and O–H groups in total. The molecule has 0 aromatic carbocycles. The summed E-state index contributed by atoms with van der Waals surface area (Å²) in [4.78, 5) is 11.3. The summed E-state index contributed by atoms with van der Waals surface area (Å²) in [5, 5.41) is 37.4. The van der Waals surface area contributed by atoms with E-state index in [0.29, 0.717) is 0 Å². The van der Waals surface area contributed by atoms with Crippen LogP contribution >= 0.6 is 0 Å². The van der Waals surface area contributed by atoms with E-state index in [9.17, 15) is 20.1 Å². The van der Waals surface area contributed by atoms with E-state index in [1.165, 1.54) is 0 Å². The highest BCUT2D eigenvalue weighted by atomic mass is 16.7. The molecule has 0 spiro atoms. The third-order valence-electron chi connectivity index (χ3n) is 2.55. The summed E-state index contributed by atoms with van der Waals surface area (Å²) in [6.07, 6.45) is -7.00. The summed E-state index contributed by atoms with van der Waals surface area (Å²) < 4.78 is 9.82. The second-order valence-corrected chi connectivity index (χ2v) is 4.29. The van der Waals surface area contributed by atoms with E-state index < -0.39 is 49.2 Å². The van der Waals surface area contributed by atoms with Gasteiger partial charge in [-0.05, 0) is 0 Å². The van der Waals surface area contributed by atoms with Gasteiger partial charge in [0, 0.05) is 0 Å². The molecule has 1 fully saturated rings. The average Bonchev–Trinajstić information content (AvgIpc) is 2.29. The predicted octanol–water partition coefficient (Wildman–Crippen LogP) is -2.01. The molecule has 1 rings (SSSR count). The van der Waals surface area contributed by atoms with Crippen molar-refractivity contribution in [2.24, 2.45) is 5.92 Å². The molecule has 0 saturated carbocycles. The Kier molecular flexibility index (Phi) is 4.84. The van der Waals surface area contributed by atoms with Crippen molar-refractivity contribution < 1.29 is 34.7 Å². The first kappa shape index (κ1) is 14.3. The third-order valence-corrected chi connectivity index (χ3v) is 2.55. The molecular weight excluding hydrogens is 232 g/mol. The number of ether oxygens (including phenoxy) is 2. The smallest absolute Gasteiger partial charge is 0.310 e. The Labute approximate surface area is 98.6 Å². The first-order valence-electron chi connectivity index (χ1n) is 5.39. The molecule has 0 amide bonds. The van der Waals surface area contributed by atoms with Gasteiger partial charge in [-0.1, -0.05) is 13.8 Å². The van der Waals surface area contributed by atoms with E-state index in [1.807, 2.05) is 0 Å². The van der Waals surface area contributed by atoms with Crippen molar-refractivity contribution in [3.8, 4) is 0 Å². The fraction of sp³-hybridized carbons (Fsp3) is 0.900. The lowest BCUT2D eigenvalue weighted by Gasteiger charge is -2.39. The van der Waals surface area contributed by atoms with Crippen LogP contribution in [0.4, 0.5) is 0 Å². The molecule has 0 radical (unpaired) electrons. The zero-order chi connectivity index (χ0) is 13.2. The van der Waals surface area contributed by atoms with Gasteiger partial charge < -0.3 is 29.9 Å². The topological polar surface area (TPSA) is 116 Å². The highest BCUT2D eigenvalue weighted by molar-refractivity contribution is 5.71. The van der Waals surface area contributed by atoms with Crippen LogP contribution in [0.5, 0.6) is 0 Å². The molecule has 7 nitrogen and oxygen atoms in total. The lowest BCUT2D eigenvalue weighted by atomic mass is 9.99. The van der Waals surface area contributed by atoms with Crippen molar-refractivity contribution >= 4 is 5.97 Å². The van der Waals surface area contributed by atoms with Crippen LogP contribution in [0.1, 0.15) is 13.8 Å². The molecular formula is C10H18O7. The van der Waals surface area contributed by atoms with Crippen LogP contribution in [0.15, 0.2) is 0 Å². The average molecular weight is 250 g/mol. The molecule has 1 aliphatic heterocycles. The normalized spacial score (nSPS) is 38.2. The molecule has 0 aliphatic carbocycles. The minimum Gasteiger partial charge on any atom is -0.433 e. The summed E-state index contributed by atoms with van der Waals surface area (Å²) in [7, 11) is 0. The van der Waals surface area contributed by atoms with E-state index in [0.717, 1.165) is 0 Å². The Hall–Kier alpha value is -0.730. The summed E-state index contributed by atoms with van der Waals surface area (Å²) in [6, 6.07) is 0. The molecule has 0 bridgehead atoms. The number of aliphatic hydroxyl groups excluding tert-OH is 4. The first-order valence-corrected chi connectivity index (χ1v) is 5.39. The van der Waals surface area contributed by atoms with Crippen LogP contribution in [0.25, 0.3) is 0 Å². The van der Waals surface area contributed by atoms with Crippen molar-refractivity contribution in [3.63, 3.8) is 0 Å². The maximum absolute atomic E-state index is 11.3. The maximum atomic E-state index is 11.3. The fourth-order valence-electron chi connectivity index (χ4n) is 1.42. The minimum atomic E-state index is -1.55. The molecule has 5 atom stereocenters. The number of hydrogen-bond acceptors (Lipinski definition) is 7. The maximum Gasteiger partial charge on any atom is 0.310 e. The molecule has 1 aliphatic rings. The van der Waals surface area contributed by atoms with E-state index in [4.69, 9.17) is 14.6 Å². The van der Waals surface area contributed by atoms with Gasteiger partial charge in [-0.15, -0.1) is 0 Å². The van der Waals surface area contributed by atoms with Gasteiger partial charge in [-0.3, -0.25) is 4.79 Å². The van der Waals surface area contributed by atoms with E-state index in [1.54, 1.807) is 13.8 Å². The lowest BCUT2D eigenvalue weighted by Crippen LogP contribution is -2.59. The van der Waals surface area contributed by atoms with Gasteiger partial charge in [-0.25, -0.2) is 0 Å². The van der Waals surface area contributed by atoms with Gasteiger partial charge in [0.25, 0.3) is 0 Å². The molecule has 100 valence electrons. The van der Waals surface area contributed by atoms with Crippen LogP contribution in [-0.2, 0) is 14.3 Å². The molecule has 0 aromatic heterocycles. The van der Waals surface area contributed by atoms with Gasteiger partial charge >= 0.3 is 5.97 Å². The Balaban J connectivity index is 2.69. The molecule has 7 heteroatoms. The van der Waals surface area contributed by atoms with Crippen molar-refractivity contribution in [2.45, 2.75) is 44.6 Å². The summed E-state index contributed by atoms with van der Waals surface area (Å²) in [6.45, 7) is 2.65. The standard InChI is InChI=1S/C10H18O7/c1-4(2)9(15)17-10-8(14)7(13)6(12)5(3-11)16-10/h4-8,10-14H,3H2,1-2H3/t5-,6-,7+,8-,10-/m1/s1. The SMILES string of the molecule is CC(C)C(=O)O[C@H]1O[C@H](CO)[C@@H](O)[C@H](O)[C@H]1O. The van der Waals surface area contributed by atoms with E-state index >= 15 is 0 Å². The summed E-state index contributed by atoms with van der Waals surface area (Å²) in [5.74, 6) is -1.02. The first-order chi connectivity index (χ1) is 7.88. The van der Waals surface area contributed by atoms with Crippen molar-refractivity contribution in [2.75, 3.05) is 6.61 Å². The quantitative estimate of drug-likeness (QED) is 0.427. The van der Waals surface area contributed by atoms with Gasteiger partial charge in [0.15, 0.2) is 0 Å². The van der Waals surface area contributed by atoms with Crippen LogP contribution in [0.3, 0.4) is 0 Å². The van der Waals surface area contributed by atoms with E-state index in [-0.39, 0.29) is 0 Å².